The van der Waals surface area contributed by atoms with Crippen LogP contribution in [0.15, 0.2) is 53.2 Å². The first kappa shape index (κ1) is 25.8. The fourth-order valence-corrected chi connectivity index (χ4v) is 4.69. The first-order valence-corrected chi connectivity index (χ1v) is 12.1. The van der Waals surface area contributed by atoms with Gasteiger partial charge < -0.3 is 10.6 Å². The molecule has 0 radical (unpaired) electrons. The van der Waals surface area contributed by atoms with E-state index in [2.05, 4.69) is 15.0 Å². The molecule has 12 heteroatoms. The maximum Gasteiger partial charge on any atom is 0.253 e. The van der Waals surface area contributed by atoms with Gasteiger partial charge in [0.2, 0.25) is 10.0 Å². The zero-order chi connectivity index (χ0) is 23.6. The number of hydrogen-bond acceptors (Lipinski definition) is 6. The monoisotopic (exact) mass is 508 g/mol. The third-order valence-electron chi connectivity index (χ3n) is 5.63. The predicted octanol–water partition coefficient (Wildman–Crippen LogP) is 2.48. The van der Waals surface area contributed by atoms with Gasteiger partial charge in [0, 0.05) is 30.8 Å². The molecule has 182 valence electrons. The van der Waals surface area contributed by atoms with Gasteiger partial charge in [0.1, 0.15) is 11.3 Å². The Hall–Kier alpha value is -2.86. The van der Waals surface area contributed by atoms with Gasteiger partial charge in [-0.2, -0.15) is 0 Å². The van der Waals surface area contributed by atoms with E-state index in [4.69, 9.17) is 5.73 Å². The number of hydrogen-bond donors (Lipinski definition) is 2. The van der Waals surface area contributed by atoms with Crippen LogP contribution >= 0.6 is 12.4 Å². The standard InChI is InChI=1S/C22H25FN6O3S.ClH/c1-25-33(31,32)18-6-4-5-15(11-18)19-12-16(22(30)28-9-2-3-10-28)13-20-21(19)26-27-29(20)14-17(23)7-8-24;/h4-7,11-13,25H,2-3,8-10,14,24H2,1H3;1H/b17-7-;. The Morgan fingerprint density at radius 3 is 2.65 bits per heavy atom. The summed E-state index contributed by atoms with van der Waals surface area (Å²) >= 11 is 0. The maximum atomic E-state index is 14.2. The van der Waals surface area contributed by atoms with E-state index in [1.807, 2.05) is 0 Å². The van der Waals surface area contributed by atoms with Gasteiger partial charge in [0.25, 0.3) is 5.91 Å². The Bertz CT molecular complexity index is 1340. The average Bonchev–Trinajstić information content (AvgIpc) is 3.49. The Kier molecular flexibility index (Phi) is 8.03. The number of nitrogens with zero attached hydrogens (tertiary/aromatic N) is 4. The Morgan fingerprint density at radius 2 is 1.97 bits per heavy atom. The minimum absolute atomic E-state index is 0. The van der Waals surface area contributed by atoms with Crippen molar-refractivity contribution in [2.45, 2.75) is 24.3 Å². The summed E-state index contributed by atoms with van der Waals surface area (Å²) in [5, 5.41) is 8.29. The lowest BCUT2D eigenvalue weighted by molar-refractivity contribution is 0.0793. The number of allylic oxidation sites excluding steroid dienone is 1. The first-order valence-electron chi connectivity index (χ1n) is 10.6. The number of aromatic nitrogens is 3. The van der Waals surface area contributed by atoms with E-state index in [1.165, 1.54) is 29.9 Å². The number of nitrogens with one attached hydrogen (secondary N) is 1. The third kappa shape index (κ3) is 5.12. The quantitative estimate of drug-likeness (QED) is 0.505. The molecule has 9 nitrogen and oxygen atoms in total. The lowest BCUT2D eigenvalue weighted by atomic mass is 10.0. The van der Waals surface area contributed by atoms with Gasteiger partial charge in [-0.15, -0.1) is 17.5 Å². The zero-order valence-electron chi connectivity index (χ0n) is 18.6. The van der Waals surface area contributed by atoms with Crippen molar-refractivity contribution in [1.82, 2.24) is 24.6 Å². The van der Waals surface area contributed by atoms with Crippen LogP contribution in [0.3, 0.4) is 0 Å². The van der Waals surface area contributed by atoms with Gasteiger partial charge >= 0.3 is 0 Å². The topological polar surface area (TPSA) is 123 Å². The molecule has 1 saturated heterocycles. The van der Waals surface area contributed by atoms with E-state index >= 15 is 0 Å². The molecule has 1 fully saturated rings. The molecule has 34 heavy (non-hydrogen) atoms. The fraction of sp³-hybridized carbons (Fsp3) is 0.318. The highest BCUT2D eigenvalue weighted by molar-refractivity contribution is 7.89. The van der Waals surface area contributed by atoms with Crippen molar-refractivity contribution in [3.05, 3.63) is 53.9 Å². The lowest BCUT2D eigenvalue weighted by Crippen LogP contribution is -2.27. The van der Waals surface area contributed by atoms with Crippen molar-refractivity contribution in [1.29, 1.82) is 0 Å². The SMILES string of the molecule is CNS(=O)(=O)c1cccc(-c2cc(C(=O)N3CCCC3)cc3c2nnn3C/C(F)=C/CN)c1.Cl. The van der Waals surface area contributed by atoms with Gasteiger partial charge in [-0.25, -0.2) is 22.2 Å². The number of likely N-dealkylation sites (tertiary alicyclic amines) is 1. The van der Waals surface area contributed by atoms with Gasteiger partial charge in [-0.1, -0.05) is 17.3 Å². The van der Waals surface area contributed by atoms with Gasteiger partial charge in [-0.3, -0.25) is 4.79 Å². The van der Waals surface area contributed by atoms with E-state index in [0.29, 0.717) is 40.8 Å². The van der Waals surface area contributed by atoms with Gasteiger partial charge in [0.15, 0.2) is 0 Å². The van der Waals surface area contributed by atoms with Crippen LogP contribution in [0.1, 0.15) is 23.2 Å². The molecule has 2 heterocycles. The second-order valence-electron chi connectivity index (χ2n) is 7.76. The number of halogens is 2. The lowest BCUT2D eigenvalue weighted by Gasteiger charge is -2.16. The highest BCUT2D eigenvalue weighted by Crippen LogP contribution is 2.31. The summed E-state index contributed by atoms with van der Waals surface area (Å²) < 4.78 is 42.5. The average molecular weight is 509 g/mol. The molecule has 0 spiro atoms. The van der Waals surface area contributed by atoms with Crippen LogP contribution in [0.2, 0.25) is 0 Å². The minimum atomic E-state index is -3.67. The largest absolute Gasteiger partial charge is 0.339 e. The van der Waals surface area contributed by atoms with Crippen LogP contribution < -0.4 is 10.5 Å². The van der Waals surface area contributed by atoms with Crippen LogP contribution in [-0.4, -0.2) is 60.9 Å². The minimum Gasteiger partial charge on any atom is -0.339 e. The summed E-state index contributed by atoms with van der Waals surface area (Å²) in [6, 6.07) is 9.70. The molecule has 3 N–H and O–H groups in total. The first-order chi connectivity index (χ1) is 15.8. The Morgan fingerprint density at radius 1 is 1.24 bits per heavy atom. The number of fused-ring (bicyclic) bond motifs is 1. The van der Waals surface area contributed by atoms with Crippen molar-refractivity contribution in [2.24, 2.45) is 5.73 Å². The van der Waals surface area contributed by atoms with Crippen LogP contribution in [0, 0.1) is 0 Å². The highest BCUT2D eigenvalue weighted by Gasteiger charge is 2.23. The Balaban J connectivity index is 0.00000324. The molecule has 1 aliphatic rings. The molecule has 2 aromatic carbocycles. The predicted molar refractivity (Wildman–Crippen MR) is 130 cm³/mol. The van der Waals surface area contributed by atoms with Gasteiger partial charge in [-0.05, 0) is 55.8 Å². The van der Waals surface area contributed by atoms with Crippen LogP contribution in [0.5, 0.6) is 0 Å². The van der Waals surface area contributed by atoms with Crippen molar-refractivity contribution < 1.29 is 17.6 Å². The molecule has 0 aliphatic carbocycles. The molecule has 1 aromatic heterocycles. The van der Waals surface area contributed by atoms with E-state index in [-0.39, 0.29) is 36.3 Å². The molecule has 3 aromatic rings. The van der Waals surface area contributed by atoms with Gasteiger partial charge in [0.05, 0.1) is 17.0 Å². The fourth-order valence-electron chi connectivity index (χ4n) is 3.92. The maximum absolute atomic E-state index is 14.2. The molecule has 1 amide bonds. The Labute approximate surface area is 203 Å². The summed E-state index contributed by atoms with van der Waals surface area (Å²) in [7, 11) is -2.34. The molecular formula is C22H26ClFN6O3S. The number of carbonyl (C=O) groups is 1. The number of carbonyl (C=O) groups excluding carboxylic acids is 1. The molecular weight excluding hydrogens is 483 g/mol. The number of sulfonamides is 1. The number of amides is 1. The normalized spacial score (nSPS) is 14.4. The number of benzene rings is 2. The zero-order valence-corrected chi connectivity index (χ0v) is 20.2. The molecule has 4 rings (SSSR count). The smallest absolute Gasteiger partial charge is 0.253 e. The second kappa shape index (κ2) is 10.6. The molecule has 1 aliphatic heterocycles. The van der Waals surface area contributed by atoms with Crippen LogP contribution in [0.4, 0.5) is 4.39 Å². The van der Waals surface area contributed by atoms with Crippen molar-refractivity contribution in [3.8, 4) is 11.1 Å². The summed E-state index contributed by atoms with van der Waals surface area (Å²) in [6.45, 7) is 1.22. The van der Waals surface area contributed by atoms with E-state index in [9.17, 15) is 17.6 Å². The summed E-state index contributed by atoms with van der Waals surface area (Å²) in [4.78, 5) is 15.0. The van der Waals surface area contributed by atoms with E-state index in [1.54, 1.807) is 29.2 Å². The third-order valence-corrected chi connectivity index (χ3v) is 7.04. The van der Waals surface area contributed by atoms with Crippen molar-refractivity contribution in [2.75, 3.05) is 26.7 Å². The molecule has 0 bridgehead atoms. The highest BCUT2D eigenvalue weighted by atomic mass is 35.5. The molecule has 0 unspecified atom stereocenters. The van der Waals surface area contributed by atoms with Crippen molar-refractivity contribution in [3.63, 3.8) is 0 Å². The summed E-state index contributed by atoms with van der Waals surface area (Å²) in [6.07, 6.45) is 3.14. The van der Waals surface area contributed by atoms with Crippen LogP contribution in [-0.2, 0) is 16.6 Å². The van der Waals surface area contributed by atoms with E-state index in [0.717, 1.165) is 12.8 Å². The summed E-state index contributed by atoms with van der Waals surface area (Å²) in [5.74, 6) is -0.607. The number of nitrogens with two attached hydrogens (primary N) is 1. The summed E-state index contributed by atoms with van der Waals surface area (Å²) in [5.41, 5.74) is 7.81. The molecule has 0 atom stereocenters. The molecule has 0 saturated carbocycles. The van der Waals surface area contributed by atoms with Crippen molar-refractivity contribution >= 4 is 39.4 Å². The van der Waals surface area contributed by atoms with E-state index < -0.39 is 15.9 Å². The van der Waals surface area contributed by atoms with Crippen LogP contribution in [0.25, 0.3) is 22.2 Å². The number of rotatable bonds is 7. The second-order valence-corrected chi connectivity index (χ2v) is 9.65.